The normalized spacial score (nSPS) is 16.9. The van der Waals surface area contributed by atoms with Gasteiger partial charge in [0.2, 0.25) is 21.7 Å². The summed E-state index contributed by atoms with van der Waals surface area (Å²) in [5, 5.41) is 8.43. The zero-order valence-electron chi connectivity index (χ0n) is 35.6. The van der Waals surface area contributed by atoms with Crippen molar-refractivity contribution in [3.8, 4) is 32.4 Å². The zero-order valence-corrected chi connectivity index (χ0v) is 37.3. The number of hydrogen-bond acceptors (Lipinski definition) is 10. The molecule has 66 heavy (non-hydrogen) atoms. The second kappa shape index (κ2) is 13.8. The average molecular weight is 899 g/mol. The van der Waals surface area contributed by atoms with Gasteiger partial charge in [-0.05, 0) is 132 Å². The van der Waals surface area contributed by atoms with E-state index in [9.17, 15) is 19.2 Å². The van der Waals surface area contributed by atoms with Crippen LogP contribution in [0.3, 0.4) is 0 Å². The summed E-state index contributed by atoms with van der Waals surface area (Å²) in [5.74, 6) is 1.49. The maximum Gasteiger partial charge on any atom is 0.216 e. The number of benzene rings is 6. The average Bonchev–Trinajstić information content (AvgIpc) is 4.06. The van der Waals surface area contributed by atoms with Crippen LogP contribution in [0.4, 0.5) is 10.0 Å². The van der Waals surface area contributed by atoms with Gasteiger partial charge in [-0.3, -0.25) is 19.2 Å². The van der Waals surface area contributed by atoms with Crippen molar-refractivity contribution in [3.63, 3.8) is 0 Å². The van der Waals surface area contributed by atoms with Gasteiger partial charge in [-0.25, -0.2) is 9.98 Å². The Hall–Kier alpha value is -6.88. The first-order chi connectivity index (χ1) is 32.2. The molecule has 2 fully saturated rings. The highest BCUT2D eigenvalue weighted by atomic mass is 32.1. The first-order valence-corrected chi connectivity index (χ1v) is 24.6. The Morgan fingerprint density at radius 2 is 0.758 bits per heavy atom. The SMILES string of the molecule is O=c1c(=Nc2cc3c(s2)-c2cc4cc5c(cc4cc2C2(CCCCC2)O3)-c2sc(N=c3c(=O)c4cc6ccccc6cc4c3=O)cc2OC52CCCCC2)c(=O)c2cc3ccccc3cc12. The molecule has 10 aromatic rings. The molecule has 2 aromatic heterocycles. The van der Waals surface area contributed by atoms with Crippen LogP contribution in [-0.2, 0) is 11.2 Å². The molecule has 0 unspecified atom stereocenters. The number of ether oxygens (including phenoxy) is 2. The van der Waals surface area contributed by atoms with E-state index >= 15 is 0 Å². The van der Waals surface area contributed by atoms with E-state index < -0.39 is 11.2 Å². The van der Waals surface area contributed by atoms with E-state index in [-0.39, 0.29) is 32.4 Å². The molecular formula is C56H38N2O6S2. The van der Waals surface area contributed by atoms with Crippen LogP contribution >= 0.6 is 22.7 Å². The number of hydrogen-bond donors (Lipinski definition) is 0. The van der Waals surface area contributed by atoms with Crippen LogP contribution in [0, 0.1) is 0 Å². The van der Waals surface area contributed by atoms with Crippen LogP contribution in [0.2, 0.25) is 0 Å². The summed E-state index contributed by atoms with van der Waals surface area (Å²) in [4.78, 5) is 66.6. The number of thiophene rings is 2. The summed E-state index contributed by atoms with van der Waals surface area (Å²) in [6, 6.07) is 35.8. The Morgan fingerprint density at radius 3 is 1.11 bits per heavy atom. The van der Waals surface area contributed by atoms with E-state index in [2.05, 4.69) is 24.3 Å². The standard InChI is InChI=1S/C56H38N2O6S2/c59-49-35-19-29-11-3-4-12-30(29)20-36(35)50(60)47(49)57-45-27-43-53(65-45)39-23-34-26-42-40(24-33(34)25-41(39)55(63-43)15-7-1-8-16-55)54-44(64-56(42)17-9-2-10-18-56)28-46(66-54)58-48-51(61)37-21-31-13-5-6-14-32(31)22-38(37)52(48)62/h3-6,11-14,19-28H,1-2,7-10,15-18H2. The van der Waals surface area contributed by atoms with Crippen molar-refractivity contribution >= 4 is 86.5 Å². The zero-order chi connectivity index (χ0) is 44.1. The van der Waals surface area contributed by atoms with Gasteiger partial charge in [0.1, 0.15) is 32.7 Å². The fourth-order valence-corrected chi connectivity index (χ4v) is 13.7. The van der Waals surface area contributed by atoms with Gasteiger partial charge in [0.25, 0.3) is 0 Å². The van der Waals surface area contributed by atoms with Gasteiger partial charge in [-0.2, -0.15) is 0 Å². The highest BCUT2D eigenvalue weighted by Gasteiger charge is 2.45. The Balaban J connectivity index is 0.931. The quantitative estimate of drug-likeness (QED) is 0.171. The van der Waals surface area contributed by atoms with Crippen LogP contribution in [0.5, 0.6) is 11.5 Å². The molecule has 0 radical (unpaired) electrons. The Morgan fingerprint density at radius 1 is 0.409 bits per heavy atom. The predicted molar refractivity (Wildman–Crippen MR) is 265 cm³/mol. The summed E-state index contributed by atoms with van der Waals surface area (Å²) in [5.41, 5.74) is 2.06. The van der Waals surface area contributed by atoms with Crippen molar-refractivity contribution in [3.05, 3.63) is 172 Å². The molecule has 2 saturated carbocycles. The van der Waals surface area contributed by atoms with Crippen LogP contribution in [-0.4, -0.2) is 0 Å². The first kappa shape index (κ1) is 38.4. The van der Waals surface area contributed by atoms with E-state index in [4.69, 9.17) is 19.5 Å². The molecular weight excluding hydrogens is 861 g/mol. The van der Waals surface area contributed by atoms with Crippen molar-refractivity contribution in [1.29, 1.82) is 0 Å². The first-order valence-electron chi connectivity index (χ1n) is 22.9. The molecule has 10 heteroatoms. The summed E-state index contributed by atoms with van der Waals surface area (Å²) in [6.45, 7) is 0. The molecule has 8 nitrogen and oxygen atoms in total. The molecule has 0 saturated heterocycles. The van der Waals surface area contributed by atoms with Gasteiger partial charge < -0.3 is 9.47 Å². The van der Waals surface area contributed by atoms with Gasteiger partial charge >= 0.3 is 0 Å². The predicted octanol–water partition coefficient (Wildman–Crippen LogP) is 11.7. The maximum atomic E-state index is 13.8. The van der Waals surface area contributed by atoms with Gasteiger partial charge in [0.15, 0.2) is 10.7 Å². The van der Waals surface area contributed by atoms with Crippen molar-refractivity contribution < 1.29 is 9.47 Å². The van der Waals surface area contributed by atoms with Crippen molar-refractivity contribution in [2.24, 2.45) is 9.98 Å². The minimum absolute atomic E-state index is 0.0582. The molecule has 0 N–H and O–H groups in total. The van der Waals surface area contributed by atoms with E-state index in [0.29, 0.717) is 31.5 Å². The van der Waals surface area contributed by atoms with Crippen molar-refractivity contribution in [2.75, 3.05) is 0 Å². The molecule has 2 aliphatic heterocycles. The fourth-order valence-electron chi connectivity index (χ4n) is 11.7. The second-order valence-corrected chi connectivity index (χ2v) is 20.8. The Bertz CT molecular complexity index is 3720. The third-order valence-electron chi connectivity index (χ3n) is 14.9. The maximum absolute atomic E-state index is 13.8. The summed E-state index contributed by atoms with van der Waals surface area (Å²) in [6.07, 6.45) is 9.98. The highest BCUT2D eigenvalue weighted by molar-refractivity contribution is 7.20. The number of nitrogens with zero attached hydrogens (tertiary/aromatic N) is 2. The lowest BCUT2D eigenvalue weighted by Crippen LogP contribution is -2.38. The largest absolute Gasteiger partial charge is 0.481 e. The van der Waals surface area contributed by atoms with Gasteiger partial charge in [0, 0.05) is 55.9 Å². The molecule has 4 aliphatic rings. The third kappa shape index (κ3) is 5.48. The van der Waals surface area contributed by atoms with Crippen LogP contribution in [0.15, 0.2) is 138 Å². The molecule has 4 heterocycles. The van der Waals surface area contributed by atoms with E-state index in [1.165, 1.54) is 22.7 Å². The van der Waals surface area contributed by atoms with Gasteiger partial charge in [0.05, 0.1) is 9.75 Å². The minimum atomic E-state index is -0.527. The lowest BCUT2D eigenvalue weighted by atomic mass is 9.73. The summed E-state index contributed by atoms with van der Waals surface area (Å²) < 4.78 is 14.2. The minimum Gasteiger partial charge on any atom is -0.481 e. The van der Waals surface area contributed by atoms with Gasteiger partial charge in [-0.15, -0.1) is 22.7 Å². The lowest BCUT2D eigenvalue weighted by molar-refractivity contribution is 0.0242. The molecule has 320 valence electrons. The van der Waals surface area contributed by atoms with Crippen LogP contribution < -0.4 is 41.9 Å². The van der Waals surface area contributed by atoms with E-state index in [1.807, 2.05) is 60.7 Å². The second-order valence-electron chi connectivity index (χ2n) is 18.7. The van der Waals surface area contributed by atoms with Crippen molar-refractivity contribution in [1.82, 2.24) is 0 Å². The van der Waals surface area contributed by atoms with Gasteiger partial charge in [-0.1, -0.05) is 61.4 Å². The van der Waals surface area contributed by atoms with Crippen LogP contribution in [0.1, 0.15) is 75.3 Å². The molecule has 14 rings (SSSR count). The molecule has 0 atom stereocenters. The topological polar surface area (TPSA) is 111 Å². The Kier molecular flexibility index (Phi) is 8.04. The van der Waals surface area contributed by atoms with E-state index in [1.54, 1.807) is 24.3 Å². The highest BCUT2D eigenvalue weighted by Crippen LogP contribution is 2.59. The summed E-state index contributed by atoms with van der Waals surface area (Å²) >= 11 is 2.92. The van der Waals surface area contributed by atoms with E-state index in [0.717, 1.165) is 140 Å². The fraction of sp³-hybridized carbons (Fsp3) is 0.214. The number of rotatable bonds is 2. The molecule has 2 aliphatic carbocycles. The third-order valence-corrected chi connectivity index (χ3v) is 17.0. The molecule has 8 aromatic carbocycles. The molecule has 0 bridgehead atoms. The Labute approximate surface area is 383 Å². The molecule has 0 amide bonds. The number of fused-ring (bicyclic) bond motifs is 13. The lowest BCUT2D eigenvalue weighted by Gasteiger charge is -2.43. The smallest absolute Gasteiger partial charge is 0.216 e. The summed E-state index contributed by atoms with van der Waals surface area (Å²) in [7, 11) is 0. The monoisotopic (exact) mass is 898 g/mol. The molecule has 2 spiro atoms. The van der Waals surface area contributed by atoms with Crippen molar-refractivity contribution in [2.45, 2.75) is 75.4 Å². The van der Waals surface area contributed by atoms with Crippen LogP contribution in [0.25, 0.3) is 74.7 Å².